The number of aliphatic hydroxyl groups excluding tert-OH is 1. The number of rotatable bonds is 6. The fraction of sp³-hybridized carbons (Fsp3) is 0.214. The van der Waals surface area contributed by atoms with Crippen LogP contribution in [0.3, 0.4) is 0 Å². The first-order valence-electron chi connectivity index (χ1n) is 11.5. The predicted octanol–water partition coefficient (Wildman–Crippen LogP) is 5.63. The van der Waals surface area contributed by atoms with Crippen LogP contribution in [0, 0.1) is 24.0 Å². The van der Waals surface area contributed by atoms with E-state index in [9.17, 15) is 24.8 Å². The van der Waals surface area contributed by atoms with Gasteiger partial charge < -0.3 is 9.84 Å². The molecule has 0 saturated carbocycles. The summed E-state index contributed by atoms with van der Waals surface area (Å²) in [5.41, 5.74) is 2.55. The molecule has 1 fully saturated rings. The molecule has 0 aromatic heterocycles. The molecule has 3 aromatic rings. The molecule has 184 valence electrons. The van der Waals surface area contributed by atoms with Gasteiger partial charge >= 0.3 is 0 Å². The van der Waals surface area contributed by atoms with E-state index in [4.69, 9.17) is 4.74 Å². The van der Waals surface area contributed by atoms with Crippen molar-refractivity contribution in [2.24, 2.45) is 0 Å². The number of ether oxygens (including phenoxy) is 1. The zero-order valence-corrected chi connectivity index (χ0v) is 20.4. The van der Waals surface area contributed by atoms with E-state index in [0.717, 1.165) is 11.1 Å². The first-order valence-corrected chi connectivity index (χ1v) is 11.5. The number of benzene rings is 3. The minimum absolute atomic E-state index is 0.0715. The number of nitrogens with zero attached hydrogens (tertiary/aromatic N) is 2. The minimum Gasteiger partial charge on any atom is -0.507 e. The summed E-state index contributed by atoms with van der Waals surface area (Å²) in [5, 5.41) is 22.6. The summed E-state index contributed by atoms with van der Waals surface area (Å²) in [6.07, 6.45) is -0.101. The van der Waals surface area contributed by atoms with Gasteiger partial charge in [-0.25, -0.2) is 0 Å². The van der Waals surface area contributed by atoms with Gasteiger partial charge in [0.15, 0.2) is 0 Å². The number of carbonyl (C=O) groups is 2. The topological polar surface area (TPSA) is 110 Å². The van der Waals surface area contributed by atoms with Gasteiger partial charge in [-0.2, -0.15) is 0 Å². The van der Waals surface area contributed by atoms with E-state index in [-0.39, 0.29) is 22.9 Å². The molecule has 36 heavy (non-hydrogen) atoms. The van der Waals surface area contributed by atoms with Gasteiger partial charge in [-0.3, -0.25) is 24.6 Å². The van der Waals surface area contributed by atoms with Crippen molar-refractivity contribution in [3.05, 3.63) is 105 Å². The maximum atomic E-state index is 13.4. The summed E-state index contributed by atoms with van der Waals surface area (Å²) >= 11 is 0. The Morgan fingerprint density at radius 2 is 1.67 bits per heavy atom. The molecule has 1 aliphatic rings. The first-order chi connectivity index (χ1) is 17.1. The second kappa shape index (κ2) is 9.65. The molecule has 1 saturated heterocycles. The van der Waals surface area contributed by atoms with Crippen LogP contribution in [0.25, 0.3) is 5.76 Å². The second-order valence-electron chi connectivity index (χ2n) is 9.06. The number of carbonyl (C=O) groups excluding carboxylic acids is 2. The third-order valence-electron chi connectivity index (χ3n) is 5.81. The quantitative estimate of drug-likeness (QED) is 0.159. The van der Waals surface area contributed by atoms with Crippen molar-refractivity contribution in [3.8, 4) is 5.75 Å². The van der Waals surface area contributed by atoms with Crippen LogP contribution in [0.5, 0.6) is 5.75 Å². The lowest BCUT2D eigenvalue weighted by Crippen LogP contribution is -2.29. The Balaban J connectivity index is 1.97. The standard InChI is InChI=1S/C28H26N2O6/c1-16(2)36-23-10-6-7-19(15-23)25-24(26(31)20-8-5-9-21(14-20)30(34)35)27(32)28(33)29(25)22-12-17(3)11-18(4)13-22/h5-16,25,31H,1-4H3/b26-24-. The van der Waals surface area contributed by atoms with E-state index < -0.39 is 28.4 Å². The third kappa shape index (κ3) is 4.70. The van der Waals surface area contributed by atoms with Crippen LogP contribution in [0.4, 0.5) is 11.4 Å². The largest absolute Gasteiger partial charge is 0.507 e. The van der Waals surface area contributed by atoms with Crippen molar-refractivity contribution in [1.82, 2.24) is 0 Å². The average Bonchev–Trinajstić information content (AvgIpc) is 3.08. The van der Waals surface area contributed by atoms with Crippen molar-refractivity contribution < 1.29 is 24.4 Å². The highest BCUT2D eigenvalue weighted by Gasteiger charge is 2.47. The summed E-state index contributed by atoms with van der Waals surface area (Å²) in [6, 6.07) is 16.9. The molecule has 0 spiro atoms. The number of amides is 1. The molecular weight excluding hydrogens is 460 g/mol. The van der Waals surface area contributed by atoms with Crippen LogP contribution in [-0.4, -0.2) is 27.8 Å². The number of nitro benzene ring substituents is 1. The van der Waals surface area contributed by atoms with Crippen molar-refractivity contribution in [3.63, 3.8) is 0 Å². The van der Waals surface area contributed by atoms with Crippen LogP contribution < -0.4 is 9.64 Å². The van der Waals surface area contributed by atoms with Gasteiger partial charge in [-0.1, -0.05) is 30.3 Å². The highest BCUT2D eigenvalue weighted by atomic mass is 16.6. The molecule has 1 heterocycles. The van der Waals surface area contributed by atoms with Crippen LogP contribution in [0.2, 0.25) is 0 Å². The molecule has 1 amide bonds. The normalized spacial score (nSPS) is 17.0. The molecule has 0 radical (unpaired) electrons. The van der Waals surface area contributed by atoms with E-state index in [1.807, 2.05) is 33.8 Å². The Morgan fingerprint density at radius 1 is 1.00 bits per heavy atom. The molecule has 0 aliphatic carbocycles. The summed E-state index contributed by atoms with van der Waals surface area (Å²) < 4.78 is 5.83. The second-order valence-corrected chi connectivity index (χ2v) is 9.06. The lowest BCUT2D eigenvalue weighted by atomic mass is 9.94. The molecule has 4 rings (SSSR count). The molecule has 0 bridgehead atoms. The first kappa shape index (κ1) is 24.7. The fourth-order valence-electron chi connectivity index (χ4n) is 4.46. The van der Waals surface area contributed by atoms with E-state index >= 15 is 0 Å². The van der Waals surface area contributed by atoms with Crippen molar-refractivity contribution >= 4 is 28.8 Å². The number of aryl methyl sites for hydroxylation is 2. The van der Waals surface area contributed by atoms with E-state index in [1.165, 1.54) is 29.2 Å². The zero-order valence-electron chi connectivity index (χ0n) is 20.4. The molecular formula is C28H26N2O6. The maximum Gasteiger partial charge on any atom is 0.300 e. The summed E-state index contributed by atoms with van der Waals surface area (Å²) in [7, 11) is 0. The van der Waals surface area contributed by atoms with Gasteiger partial charge in [-0.15, -0.1) is 0 Å². The Hall–Kier alpha value is -4.46. The van der Waals surface area contributed by atoms with Gasteiger partial charge in [0.05, 0.1) is 22.6 Å². The molecule has 8 nitrogen and oxygen atoms in total. The van der Waals surface area contributed by atoms with Crippen molar-refractivity contribution in [2.45, 2.75) is 39.8 Å². The third-order valence-corrected chi connectivity index (χ3v) is 5.81. The average molecular weight is 487 g/mol. The Morgan fingerprint density at radius 3 is 2.31 bits per heavy atom. The fourth-order valence-corrected chi connectivity index (χ4v) is 4.46. The molecule has 1 N–H and O–H groups in total. The monoisotopic (exact) mass is 486 g/mol. The smallest absolute Gasteiger partial charge is 0.300 e. The number of hydrogen-bond donors (Lipinski definition) is 1. The molecule has 1 atom stereocenters. The van der Waals surface area contributed by atoms with Crippen LogP contribution in [0.15, 0.2) is 72.3 Å². The van der Waals surface area contributed by atoms with E-state index in [0.29, 0.717) is 17.0 Å². The SMILES string of the molecule is Cc1cc(C)cc(N2C(=O)C(=O)/C(=C(\O)c3cccc([N+](=O)[O-])c3)C2c2cccc(OC(C)C)c2)c1. The van der Waals surface area contributed by atoms with Crippen LogP contribution in [-0.2, 0) is 9.59 Å². The predicted molar refractivity (Wildman–Crippen MR) is 136 cm³/mol. The zero-order chi connectivity index (χ0) is 26.1. The van der Waals surface area contributed by atoms with Crippen LogP contribution in [0.1, 0.15) is 42.1 Å². The number of hydrogen-bond acceptors (Lipinski definition) is 6. The van der Waals surface area contributed by atoms with Crippen molar-refractivity contribution in [1.29, 1.82) is 0 Å². The summed E-state index contributed by atoms with van der Waals surface area (Å²) in [5.74, 6) is -1.61. The van der Waals surface area contributed by atoms with Gasteiger partial charge in [0.25, 0.3) is 17.4 Å². The number of anilines is 1. The van der Waals surface area contributed by atoms with Gasteiger partial charge in [0.2, 0.25) is 0 Å². The number of Topliss-reactive ketones (excluding diaryl/α,β-unsaturated/α-hetero) is 1. The Bertz CT molecular complexity index is 1390. The Labute approximate surface area is 208 Å². The number of nitro groups is 1. The number of aliphatic hydroxyl groups is 1. The number of non-ortho nitro benzene ring substituents is 1. The lowest BCUT2D eigenvalue weighted by Gasteiger charge is -2.26. The van der Waals surface area contributed by atoms with E-state index in [1.54, 1.807) is 36.4 Å². The van der Waals surface area contributed by atoms with Crippen molar-refractivity contribution in [2.75, 3.05) is 4.90 Å². The van der Waals surface area contributed by atoms with E-state index in [2.05, 4.69) is 0 Å². The van der Waals surface area contributed by atoms with Gasteiger partial charge in [-0.05, 0) is 68.7 Å². The van der Waals surface area contributed by atoms with Crippen LogP contribution >= 0.6 is 0 Å². The molecule has 8 heteroatoms. The highest BCUT2D eigenvalue weighted by Crippen LogP contribution is 2.43. The summed E-state index contributed by atoms with van der Waals surface area (Å²) in [6.45, 7) is 7.55. The lowest BCUT2D eigenvalue weighted by molar-refractivity contribution is -0.384. The van der Waals surface area contributed by atoms with Gasteiger partial charge in [0, 0.05) is 23.4 Å². The molecule has 1 aliphatic heterocycles. The Kier molecular flexibility index (Phi) is 6.61. The minimum atomic E-state index is -0.971. The summed E-state index contributed by atoms with van der Waals surface area (Å²) in [4.78, 5) is 38.8. The molecule has 1 unspecified atom stereocenters. The molecule has 3 aromatic carbocycles. The number of ketones is 1. The highest BCUT2D eigenvalue weighted by molar-refractivity contribution is 6.51. The van der Waals surface area contributed by atoms with Gasteiger partial charge in [0.1, 0.15) is 11.5 Å². The maximum absolute atomic E-state index is 13.4.